The van der Waals surface area contributed by atoms with Crippen LogP contribution in [-0.2, 0) is 16.1 Å². The molecular weight excluding hydrogens is 312 g/mol. The molecule has 0 radical (unpaired) electrons. The van der Waals surface area contributed by atoms with Crippen molar-refractivity contribution in [3.05, 3.63) is 54.0 Å². The van der Waals surface area contributed by atoms with Crippen molar-refractivity contribution in [3.8, 4) is 5.75 Å². The van der Waals surface area contributed by atoms with Gasteiger partial charge in [0.15, 0.2) is 6.61 Å². The second-order valence-electron chi connectivity index (χ2n) is 4.99. The molecular formula is C17H20N2O5. The van der Waals surface area contributed by atoms with Gasteiger partial charge in [0.05, 0.1) is 11.8 Å². The van der Waals surface area contributed by atoms with Crippen LogP contribution < -0.4 is 15.8 Å². The zero-order valence-corrected chi connectivity index (χ0v) is 13.2. The third kappa shape index (κ3) is 5.77. The smallest absolute Gasteiger partial charge is 0.255 e. The van der Waals surface area contributed by atoms with E-state index in [1.807, 2.05) is 6.07 Å². The summed E-state index contributed by atoms with van der Waals surface area (Å²) >= 11 is 0. The molecule has 0 fully saturated rings. The molecule has 0 bridgehead atoms. The molecule has 0 aliphatic carbocycles. The van der Waals surface area contributed by atoms with Crippen LogP contribution in [0.15, 0.2) is 47.1 Å². The lowest BCUT2D eigenvalue weighted by Crippen LogP contribution is -2.26. The summed E-state index contributed by atoms with van der Waals surface area (Å²) in [6.45, 7) is 1.09. The Morgan fingerprint density at radius 1 is 1.17 bits per heavy atom. The monoisotopic (exact) mass is 332 g/mol. The van der Waals surface area contributed by atoms with Gasteiger partial charge >= 0.3 is 0 Å². The Hall–Kier alpha value is -2.80. The fourth-order valence-corrected chi connectivity index (χ4v) is 1.97. The second kappa shape index (κ2) is 9.36. The number of para-hydroxylation sites is 1. The van der Waals surface area contributed by atoms with Crippen LogP contribution in [0.2, 0.25) is 0 Å². The van der Waals surface area contributed by atoms with Gasteiger partial charge in [0, 0.05) is 13.2 Å². The van der Waals surface area contributed by atoms with Crippen LogP contribution in [-0.4, -0.2) is 31.6 Å². The lowest BCUT2D eigenvalue weighted by atomic mass is 10.2. The van der Waals surface area contributed by atoms with Gasteiger partial charge in [-0.3, -0.25) is 9.59 Å². The minimum absolute atomic E-state index is 0.273. The average molecular weight is 332 g/mol. The number of rotatable bonds is 10. The molecule has 0 atom stereocenters. The predicted molar refractivity (Wildman–Crippen MR) is 86.4 cm³/mol. The Kier molecular flexibility index (Phi) is 6.85. The van der Waals surface area contributed by atoms with Crippen LogP contribution in [0.1, 0.15) is 22.5 Å². The Morgan fingerprint density at radius 3 is 2.75 bits per heavy atom. The van der Waals surface area contributed by atoms with Crippen molar-refractivity contribution in [1.29, 1.82) is 0 Å². The van der Waals surface area contributed by atoms with Crippen molar-refractivity contribution < 1.29 is 23.5 Å². The Bertz CT molecular complexity index is 655. The maximum absolute atomic E-state index is 12.2. The van der Waals surface area contributed by atoms with Gasteiger partial charge in [0.25, 0.3) is 11.8 Å². The summed E-state index contributed by atoms with van der Waals surface area (Å²) in [5.41, 5.74) is 5.40. The van der Waals surface area contributed by atoms with E-state index >= 15 is 0 Å². The molecule has 0 saturated heterocycles. The minimum atomic E-state index is -0.598. The standard InChI is InChI=1S/C17H20N2O5/c18-16(20)12-24-15-7-2-1-6-14(15)17(21)19-8-4-9-22-11-13-5-3-10-23-13/h1-3,5-7,10H,4,8-9,11-12H2,(H2,18,20)(H,19,21). The molecule has 1 aromatic heterocycles. The van der Waals surface area contributed by atoms with Gasteiger partial charge in [-0.15, -0.1) is 0 Å². The van der Waals surface area contributed by atoms with Gasteiger partial charge in [0.1, 0.15) is 18.1 Å². The zero-order valence-electron chi connectivity index (χ0n) is 13.2. The SMILES string of the molecule is NC(=O)COc1ccccc1C(=O)NCCCOCc1ccco1. The third-order valence-electron chi connectivity index (χ3n) is 3.08. The summed E-state index contributed by atoms with van der Waals surface area (Å²) in [5.74, 6) is 0.211. The predicted octanol–water partition coefficient (Wildman–Crippen LogP) is 1.48. The van der Waals surface area contributed by atoms with Gasteiger partial charge in [-0.1, -0.05) is 12.1 Å². The number of carbonyl (C=O) groups is 2. The quantitative estimate of drug-likeness (QED) is 0.641. The first-order valence-corrected chi connectivity index (χ1v) is 7.55. The van der Waals surface area contributed by atoms with E-state index in [0.717, 1.165) is 5.76 Å². The van der Waals surface area contributed by atoms with E-state index in [1.54, 1.807) is 36.6 Å². The normalized spacial score (nSPS) is 10.3. The van der Waals surface area contributed by atoms with Gasteiger partial charge in [-0.05, 0) is 30.7 Å². The molecule has 2 amide bonds. The number of nitrogens with two attached hydrogens (primary N) is 1. The van der Waals surface area contributed by atoms with E-state index in [1.165, 1.54) is 0 Å². The van der Waals surface area contributed by atoms with Crippen LogP contribution in [0, 0.1) is 0 Å². The van der Waals surface area contributed by atoms with E-state index in [9.17, 15) is 9.59 Å². The molecule has 3 N–H and O–H groups in total. The number of benzene rings is 1. The van der Waals surface area contributed by atoms with Crippen LogP contribution in [0.5, 0.6) is 5.75 Å². The number of hydrogen-bond donors (Lipinski definition) is 2. The highest BCUT2D eigenvalue weighted by atomic mass is 16.5. The maximum Gasteiger partial charge on any atom is 0.255 e. The summed E-state index contributed by atoms with van der Waals surface area (Å²) in [6.07, 6.45) is 2.26. The number of furan rings is 1. The number of nitrogens with one attached hydrogen (secondary N) is 1. The van der Waals surface area contributed by atoms with E-state index in [4.69, 9.17) is 19.6 Å². The molecule has 0 saturated carbocycles. The molecule has 1 aromatic carbocycles. The average Bonchev–Trinajstić information content (AvgIpc) is 3.09. The molecule has 0 spiro atoms. The number of hydrogen-bond acceptors (Lipinski definition) is 5. The van der Waals surface area contributed by atoms with Crippen molar-refractivity contribution >= 4 is 11.8 Å². The molecule has 2 aromatic rings. The molecule has 0 aliphatic rings. The number of carbonyl (C=O) groups excluding carboxylic acids is 2. The van der Waals surface area contributed by atoms with Gasteiger partial charge in [-0.2, -0.15) is 0 Å². The van der Waals surface area contributed by atoms with Crippen molar-refractivity contribution in [2.45, 2.75) is 13.0 Å². The molecule has 7 heteroatoms. The highest BCUT2D eigenvalue weighted by molar-refractivity contribution is 5.97. The Balaban J connectivity index is 1.71. The van der Waals surface area contributed by atoms with Crippen LogP contribution in [0.3, 0.4) is 0 Å². The molecule has 24 heavy (non-hydrogen) atoms. The highest BCUT2D eigenvalue weighted by Gasteiger charge is 2.12. The van der Waals surface area contributed by atoms with Crippen molar-refractivity contribution in [3.63, 3.8) is 0 Å². The second-order valence-corrected chi connectivity index (χ2v) is 4.99. The summed E-state index contributed by atoms with van der Waals surface area (Å²) in [6, 6.07) is 10.3. The van der Waals surface area contributed by atoms with Gasteiger partial charge in [0.2, 0.25) is 0 Å². The van der Waals surface area contributed by atoms with E-state index in [0.29, 0.717) is 37.5 Å². The Morgan fingerprint density at radius 2 is 2.00 bits per heavy atom. The van der Waals surface area contributed by atoms with Gasteiger partial charge in [-0.25, -0.2) is 0 Å². The first kappa shape index (κ1) is 17.6. The topological polar surface area (TPSA) is 104 Å². The van der Waals surface area contributed by atoms with E-state index in [2.05, 4.69) is 5.32 Å². The molecule has 7 nitrogen and oxygen atoms in total. The summed E-state index contributed by atoms with van der Waals surface area (Å²) < 4.78 is 15.8. The molecule has 128 valence electrons. The number of amides is 2. The number of primary amides is 1. The fraction of sp³-hybridized carbons (Fsp3) is 0.294. The lowest BCUT2D eigenvalue weighted by Gasteiger charge is -2.10. The zero-order chi connectivity index (χ0) is 17.2. The lowest BCUT2D eigenvalue weighted by molar-refractivity contribution is -0.119. The third-order valence-corrected chi connectivity index (χ3v) is 3.08. The molecule has 0 aliphatic heterocycles. The summed E-state index contributed by atoms with van der Waals surface area (Å²) in [7, 11) is 0. The highest BCUT2D eigenvalue weighted by Crippen LogP contribution is 2.17. The van der Waals surface area contributed by atoms with Crippen molar-refractivity contribution in [2.75, 3.05) is 19.8 Å². The first-order chi connectivity index (χ1) is 11.7. The molecule has 1 heterocycles. The Labute approximate surface area is 139 Å². The maximum atomic E-state index is 12.2. The van der Waals surface area contributed by atoms with E-state index < -0.39 is 5.91 Å². The first-order valence-electron chi connectivity index (χ1n) is 7.55. The minimum Gasteiger partial charge on any atom is -0.483 e. The number of ether oxygens (including phenoxy) is 2. The van der Waals surface area contributed by atoms with Gasteiger partial charge < -0.3 is 24.9 Å². The van der Waals surface area contributed by atoms with Crippen molar-refractivity contribution in [1.82, 2.24) is 5.32 Å². The van der Waals surface area contributed by atoms with Crippen LogP contribution in [0.25, 0.3) is 0 Å². The summed E-state index contributed by atoms with van der Waals surface area (Å²) in [5, 5.41) is 2.78. The fourth-order valence-electron chi connectivity index (χ4n) is 1.97. The van der Waals surface area contributed by atoms with Crippen LogP contribution in [0.4, 0.5) is 0 Å². The van der Waals surface area contributed by atoms with Crippen molar-refractivity contribution in [2.24, 2.45) is 5.73 Å². The molecule has 2 rings (SSSR count). The van der Waals surface area contributed by atoms with Crippen LogP contribution >= 0.6 is 0 Å². The molecule has 0 unspecified atom stereocenters. The largest absolute Gasteiger partial charge is 0.483 e. The summed E-state index contributed by atoms with van der Waals surface area (Å²) in [4.78, 5) is 23.0. The van der Waals surface area contributed by atoms with E-state index in [-0.39, 0.29) is 12.5 Å².